The number of benzene rings is 1. The first-order valence-electron chi connectivity index (χ1n) is 3.07. The molecule has 13 heavy (non-hydrogen) atoms. The summed E-state index contributed by atoms with van der Waals surface area (Å²) in [6, 6.07) is 2.61. The van der Waals surface area contributed by atoms with Gasteiger partial charge in [0.25, 0.3) is 5.69 Å². The minimum atomic E-state index is -0.709. The van der Waals surface area contributed by atoms with Gasteiger partial charge in [-0.05, 0) is 6.07 Å². The minimum Gasteiger partial charge on any atom is -0.258 e. The molecule has 0 aliphatic carbocycles. The second kappa shape index (κ2) is 3.60. The van der Waals surface area contributed by atoms with E-state index in [0.717, 1.165) is 0 Å². The summed E-state index contributed by atoms with van der Waals surface area (Å²) in [5.74, 6) is 0. The highest BCUT2D eigenvalue weighted by Crippen LogP contribution is 2.39. The molecule has 0 aliphatic rings. The first-order valence-corrected chi connectivity index (χ1v) is 3.83. The molecule has 0 atom stereocenters. The lowest BCUT2D eigenvalue weighted by atomic mass is 10.3. The van der Waals surface area contributed by atoms with Crippen LogP contribution in [0.5, 0.6) is 0 Å². The van der Waals surface area contributed by atoms with Gasteiger partial charge in [0.05, 0.1) is 11.5 Å². The maximum absolute atomic E-state index is 10.4. The van der Waals surface area contributed by atoms with E-state index in [1.165, 1.54) is 12.1 Å². The third-order valence-corrected chi connectivity index (χ3v) is 2.03. The Labute approximate surface area is 83.7 Å². The highest BCUT2D eigenvalue weighted by Gasteiger charge is 2.20. The number of nitrogens with zero attached hydrogens (tertiary/aromatic N) is 2. The molecule has 6 heteroatoms. The molecular weight excluding hydrogens is 215 g/mol. The fourth-order valence-electron chi connectivity index (χ4n) is 0.784. The monoisotopic (exact) mass is 216 g/mol. The lowest BCUT2D eigenvalue weighted by Gasteiger charge is -1.98. The maximum atomic E-state index is 10.4. The number of nitro groups is 1. The Morgan fingerprint density at radius 1 is 1.46 bits per heavy atom. The van der Waals surface area contributed by atoms with Gasteiger partial charge in [0, 0.05) is 0 Å². The fraction of sp³-hybridized carbons (Fsp3) is 0. The number of halogens is 2. The van der Waals surface area contributed by atoms with Crippen molar-refractivity contribution in [1.29, 1.82) is 0 Å². The molecule has 0 aliphatic heterocycles. The Hall–Kier alpha value is -1.31. The van der Waals surface area contributed by atoms with Crippen LogP contribution in [0.15, 0.2) is 12.1 Å². The molecule has 66 valence electrons. The van der Waals surface area contributed by atoms with Gasteiger partial charge in [0.2, 0.25) is 5.69 Å². The largest absolute Gasteiger partial charge is 0.296 e. The molecule has 0 heterocycles. The van der Waals surface area contributed by atoms with Crippen molar-refractivity contribution in [2.24, 2.45) is 0 Å². The van der Waals surface area contributed by atoms with E-state index in [4.69, 9.17) is 29.8 Å². The van der Waals surface area contributed by atoms with Crippen LogP contribution in [-0.4, -0.2) is 4.92 Å². The summed E-state index contributed by atoms with van der Waals surface area (Å²) in [6.07, 6.45) is 0. The van der Waals surface area contributed by atoms with Gasteiger partial charge in [-0.3, -0.25) is 10.1 Å². The molecule has 0 N–H and O–H groups in total. The summed E-state index contributed by atoms with van der Waals surface area (Å²) in [5.41, 5.74) is -0.394. The summed E-state index contributed by atoms with van der Waals surface area (Å²) in [6.45, 7) is 6.67. The third-order valence-electron chi connectivity index (χ3n) is 1.35. The number of hydrogen-bond acceptors (Lipinski definition) is 2. The summed E-state index contributed by atoms with van der Waals surface area (Å²) in [7, 11) is 0. The van der Waals surface area contributed by atoms with Gasteiger partial charge in [-0.1, -0.05) is 29.3 Å². The first kappa shape index (κ1) is 9.78. The van der Waals surface area contributed by atoms with E-state index in [1.807, 2.05) is 0 Å². The second-order valence-electron chi connectivity index (χ2n) is 2.10. The van der Waals surface area contributed by atoms with Crippen molar-refractivity contribution in [3.05, 3.63) is 43.7 Å². The molecule has 1 aromatic rings. The average molecular weight is 217 g/mol. The zero-order valence-electron chi connectivity index (χ0n) is 6.12. The van der Waals surface area contributed by atoms with Crippen molar-refractivity contribution >= 4 is 34.6 Å². The van der Waals surface area contributed by atoms with Crippen LogP contribution in [0, 0.1) is 16.7 Å². The number of hydrogen-bond donors (Lipinski definition) is 0. The van der Waals surface area contributed by atoms with Gasteiger partial charge >= 0.3 is 0 Å². The molecule has 0 fully saturated rings. The van der Waals surface area contributed by atoms with Crippen molar-refractivity contribution in [3.63, 3.8) is 0 Å². The van der Waals surface area contributed by atoms with Crippen molar-refractivity contribution in [2.75, 3.05) is 0 Å². The van der Waals surface area contributed by atoms with E-state index >= 15 is 0 Å². The van der Waals surface area contributed by atoms with Crippen LogP contribution < -0.4 is 0 Å². The molecule has 1 aromatic carbocycles. The van der Waals surface area contributed by atoms with Gasteiger partial charge in [-0.15, -0.1) is 0 Å². The van der Waals surface area contributed by atoms with Crippen LogP contribution >= 0.6 is 23.2 Å². The molecule has 4 nitrogen and oxygen atoms in total. The summed E-state index contributed by atoms with van der Waals surface area (Å²) in [5, 5.41) is 10.2. The van der Waals surface area contributed by atoms with Crippen LogP contribution in [0.25, 0.3) is 4.85 Å². The highest BCUT2D eigenvalue weighted by atomic mass is 35.5. The molecule has 0 saturated heterocycles. The summed E-state index contributed by atoms with van der Waals surface area (Å²) in [4.78, 5) is 12.7. The van der Waals surface area contributed by atoms with Gasteiger partial charge in [-0.25, -0.2) is 4.85 Å². The maximum Gasteiger partial charge on any atom is 0.296 e. The van der Waals surface area contributed by atoms with Crippen molar-refractivity contribution < 1.29 is 4.92 Å². The minimum absolute atomic E-state index is 0.0257. The van der Waals surface area contributed by atoms with Crippen molar-refractivity contribution in [1.82, 2.24) is 0 Å². The molecule has 1 rings (SSSR count). The smallest absolute Gasteiger partial charge is 0.258 e. The molecule has 0 spiro atoms. The highest BCUT2D eigenvalue weighted by molar-refractivity contribution is 6.40. The molecule has 0 saturated carbocycles. The van der Waals surface area contributed by atoms with Crippen LogP contribution in [0.4, 0.5) is 11.4 Å². The predicted molar refractivity (Wildman–Crippen MR) is 49.4 cm³/mol. The quantitative estimate of drug-likeness (QED) is 0.410. The molecule has 0 bridgehead atoms. The fourth-order valence-corrected chi connectivity index (χ4v) is 1.33. The normalized spacial score (nSPS) is 9.31. The summed E-state index contributed by atoms with van der Waals surface area (Å²) < 4.78 is 0. The Morgan fingerprint density at radius 2 is 2.08 bits per heavy atom. The molecular formula is C7H2Cl2N2O2. The molecule has 0 unspecified atom stereocenters. The molecule has 0 aromatic heterocycles. The summed E-state index contributed by atoms with van der Waals surface area (Å²) >= 11 is 11.1. The van der Waals surface area contributed by atoms with E-state index in [1.54, 1.807) is 0 Å². The van der Waals surface area contributed by atoms with Crippen LogP contribution in [0.1, 0.15) is 0 Å². The van der Waals surface area contributed by atoms with E-state index in [9.17, 15) is 10.1 Å². The average Bonchev–Trinajstić information content (AvgIpc) is 2.04. The van der Waals surface area contributed by atoms with Gasteiger partial charge in [0.15, 0.2) is 0 Å². The zero-order valence-corrected chi connectivity index (χ0v) is 7.63. The number of rotatable bonds is 1. The van der Waals surface area contributed by atoms with E-state index in [0.29, 0.717) is 0 Å². The lowest BCUT2D eigenvalue weighted by Crippen LogP contribution is -1.89. The van der Waals surface area contributed by atoms with Crippen LogP contribution in [-0.2, 0) is 0 Å². The molecule has 0 amide bonds. The Bertz CT molecular complexity index is 412. The van der Waals surface area contributed by atoms with Gasteiger partial charge in [-0.2, -0.15) is 0 Å². The first-order chi connectivity index (χ1) is 6.07. The topological polar surface area (TPSA) is 47.5 Å². The van der Waals surface area contributed by atoms with Crippen molar-refractivity contribution in [2.45, 2.75) is 0 Å². The predicted octanol–water partition coefficient (Wildman–Crippen LogP) is 3.45. The number of nitro benzene ring substituents is 1. The van der Waals surface area contributed by atoms with Crippen LogP contribution in [0.2, 0.25) is 10.0 Å². The zero-order chi connectivity index (χ0) is 10.0. The van der Waals surface area contributed by atoms with E-state index < -0.39 is 10.6 Å². The Morgan fingerprint density at radius 3 is 2.54 bits per heavy atom. The van der Waals surface area contributed by atoms with Gasteiger partial charge in [0.1, 0.15) is 10.0 Å². The van der Waals surface area contributed by atoms with Gasteiger partial charge < -0.3 is 0 Å². The lowest BCUT2D eigenvalue weighted by molar-refractivity contribution is -0.384. The third kappa shape index (κ3) is 1.72. The van der Waals surface area contributed by atoms with E-state index in [2.05, 4.69) is 4.85 Å². The second-order valence-corrected chi connectivity index (χ2v) is 2.88. The standard InChI is InChI=1S/C7H2Cl2N2O2/c1-10-5-3-2-4(8)7(6(5)9)11(12)13/h2-3H. The van der Waals surface area contributed by atoms with E-state index in [-0.39, 0.29) is 15.7 Å². The van der Waals surface area contributed by atoms with Crippen LogP contribution in [0.3, 0.4) is 0 Å². The Balaban J connectivity index is 3.50. The SMILES string of the molecule is [C-]#[N+]c1ccc(Cl)c([N+](=O)[O-])c1Cl. The Kier molecular flexibility index (Phi) is 2.71. The molecule has 0 radical (unpaired) electrons. The van der Waals surface area contributed by atoms with Crippen molar-refractivity contribution in [3.8, 4) is 0 Å².